The number of hydrogen-bond acceptors (Lipinski definition) is 2. The fourth-order valence-electron chi connectivity index (χ4n) is 2.79. The van der Waals surface area contributed by atoms with Crippen molar-refractivity contribution in [3.63, 3.8) is 0 Å². The Morgan fingerprint density at radius 2 is 2.05 bits per heavy atom. The minimum absolute atomic E-state index is 0.128. The molecule has 5 heteroatoms. The van der Waals surface area contributed by atoms with E-state index in [9.17, 15) is 9.59 Å². The molecule has 3 rings (SSSR count). The molecule has 0 saturated carbocycles. The Morgan fingerprint density at radius 3 is 2.76 bits per heavy atom. The lowest BCUT2D eigenvalue weighted by atomic mass is 10.1. The first-order valence-corrected chi connectivity index (χ1v) is 7.21. The van der Waals surface area contributed by atoms with Crippen molar-refractivity contribution in [3.05, 3.63) is 35.5 Å². The summed E-state index contributed by atoms with van der Waals surface area (Å²) in [4.78, 5) is 29.8. The van der Waals surface area contributed by atoms with Crippen molar-refractivity contribution >= 4 is 23.2 Å². The predicted molar refractivity (Wildman–Crippen MR) is 81.0 cm³/mol. The second kappa shape index (κ2) is 5.60. The molecule has 0 atom stereocenters. The molecule has 1 aliphatic heterocycles. The molecule has 1 aromatic carbocycles. The number of piperazine rings is 1. The molecular weight excluding hydrogens is 266 g/mol. The Bertz CT molecular complexity index is 669. The molecule has 0 radical (unpaired) electrons. The number of aryl methyl sites for hydroxylation is 1. The van der Waals surface area contributed by atoms with Gasteiger partial charge < -0.3 is 14.8 Å². The van der Waals surface area contributed by atoms with E-state index in [1.165, 1.54) is 5.56 Å². The minimum Gasteiger partial charge on any atom is -0.361 e. The van der Waals surface area contributed by atoms with Gasteiger partial charge in [0.2, 0.25) is 12.3 Å². The highest BCUT2D eigenvalue weighted by Gasteiger charge is 2.21. The van der Waals surface area contributed by atoms with E-state index < -0.39 is 0 Å². The number of H-pyrrole nitrogens is 1. The van der Waals surface area contributed by atoms with Crippen molar-refractivity contribution in [2.75, 3.05) is 26.2 Å². The number of fused-ring (bicyclic) bond motifs is 1. The van der Waals surface area contributed by atoms with E-state index in [4.69, 9.17) is 0 Å². The second-order valence-corrected chi connectivity index (χ2v) is 5.56. The Hall–Kier alpha value is -2.30. The number of amides is 2. The Balaban J connectivity index is 1.72. The first-order chi connectivity index (χ1) is 10.2. The third-order valence-corrected chi connectivity index (χ3v) is 4.08. The fraction of sp³-hybridized carbons (Fsp3) is 0.375. The van der Waals surface area contributed by atoms with Crippen molar-refractivity contribution in [3.8, 4) is 0 Å². The summed E-state index contributed by atoms with van der Waals surface area (Å²) in [5.41, 5.74) is 3.29. The Kier molecular flexibility index (Phi) is 3.64. The van der Waals surface area contributed by atoms with Crippen LogP contribution in [0.5, 0.6) is 0 Å². The van der Waals surface area contributed by atoms with Gasteiger partial charge in [-0.05, 0) is 24.6 Å². The van der Waals surface area contributed by atoms with Crippen LogP contribution in [0.1, 0.15) is 11.1 Å². The van der Waals surface area contributed by atoms with Crippen molar-refractivity contribution in [2.24, 2.45) is 0 Å². The molecule has 0 aliphatic carbocycles. The van der Waals surface area contributed by atoms with Crippen LogP contribution < -0.4 is 0 Å². The van der Waals surface area contributed by atoms with Crippen LogP contribution in [0.15, 0.2) is 24.4 Å². The highest BCUT2D eigenvalue weighted by molar-refractivity contribution is 5.89. The van der Waals surface area contributed by atoms with Crippen LogP contribution in [-0.2, 0) is 16.0 Å². The molecule has 2 amide bonds. The summed E-state index contributed by atoms with van der Waals surface area (Å²) in [5, 5.41) is 1.12. The van der Waals surface area contributed by atoms with Crippen LogP contribution in [-0.4, -0.2) is 53.3 Å². The molecular formula is C16H19N3O2. The van der Waals surface area contributed by atoms with Gasteiger partial charge >= 0.3 is 0 Å². The number of aromatic nitrogens is 1. The lowest BCUT2D eigenvalue weighted by Gasteiger charge is -2.32. The Labute approximate surface area is 123 Å². The number of carbonyl (C=O) groups excluding carboxylic acids is 2. The summed E-state index contributed by atoms with van der Waals surface area (Å²) in [7, 11) is 0. The first kappa shape index (κ1) is 13.7. The second-order valence-electron chi connectivity index (χ2n) is 5.56. The molecule has 2 heterocycles. The fourth-order valence-corrected chi connectivity index (χ4v) is 2.79. The zero-order chi connectivity index (χ0) is 14.8. The lowest BCUT2D eigenvalue weighted by Crippen LogP contribution is -2.48. The van der Waals surface area contributed by atoms with Crippen molar-refractivity contribution < 1.29 is 9.59 Å². The van der Waals surface area contributed by atoms with Crippen LogP contribution in [0.4, 0.5) is 0 Å². The standard InChI is InChI=1S/C16H19N3O2/c1-12-2-3-15-14(8-12)13(10-17-15)9-16(21)19-6-4-18(11-20)5-7-19/h2-3,8,10-11,17H,4-7,9H2,1H3. The average Bonchev–Trinajstić information content (AvgIpc) is 2.89. The highest BCUT2D eigenvalue weighted by Crippen LogP contribution is 2.20. The molecule has 0 unspecified atom stereocenters. The molecule has 0 spiro atoms. The van der Waals surface area contributed by atoms with Gasteiger partial charge in [0.05, 0.1) is 6.42 Å². The molecule has 2 aromatic rings. The first-order valence-electron chi connectivity index (χ1n) is 7.21. The number of rotatable bonds is 3. The molecule has 1 N–H and O–H groups in total. The van der Waals surface area contributed by atoms with Gasteiger partial charge in [-0.15, -0.1) is 0 Å². The number of hydrogen-bond donors (Lipinski definition) is 1. The van der Waals surface area contributed by atoms with Gasteiger partial charge in [-0.25, -0.2) is 0 Å². The smallest absolute Gasteiger partial charge is 0.227 e. The Morgan fingerprint density at radius 1 is 1.29 bits per heavy atom. The van der Waals surface area contributed by atoms with E-state index in [0.717, 1.165) is 22.9 Å². The lowest BCUT2D eigenvalue weighted by molar-refractivity contribution is -0.134. The molecule has 0 bridgehead atoms. The van der Waals surface area contributed by atoms with Gasteiger partial charge in [0, 0.05) is 43.3 Å². The third-order valence-electron chi connectivity index (χ3n) is 4.08. The van der Waals surface area contributed by atoms with Crippen LogP contribution in [0.3, 0.4) is 0 Å². The van der Waals surface area contributed by atoms with Crippen LogP contribution in [0, 0.1) is 6.92 Å². The van der Waals surface area contributed by atoms with Gasteiger partial charge in [0.25, 0.3) is 0 Å². The molecule has 1 aliphatic rings. The third kappa shape index (κ3) is 2.77. The minimum atomic E-state index is 0.128. The normalized spacial score (nSPS) is 15.5. The molecule has 1 fully saturated rings. The maximum atomic E-state index is 12.4. The van der Waals surface area contributed by atoms with E-state index >= 15 is 0 Å². The zero-order valence-corrected chi connectivity index (χ0v) is 12.1. The van der Waals surface area contributed by atoms with Crippen molar-refractivity contribution in [2.45, 2.75) is 13.3 Å². The monoisotopic (exact) mass is 285 g/mol. The molecule has 1 saturated heterocycles. The van der Waals surface area contributed by atoms with Gasteiger partial charge in [-0.1, -0.05) is 11.6 Å². The van der Waals surface area contributed by atoms with Gasteiger partial charge in [-0.2, -0.15) is 0 Å². The quantitative estimate of drug-likeness (QED) is 0.865. The zero-order valence-electron chi connectivity index (χ0n) is 12.1. The summed E-state index contributed by atoms with van der Waals surface area (Å²) in [6.07, 6.45) is 3.18. The largest absolute Gasteiger partial charge is 0.361 e. The number of benzene rings is 1. The maximum absolute atomic E-state index is 12.4. The maximum Gasteiger partial charge on any atom is 0.227 e. The molecule has 21 heavy (non-hydrogen) atoms. The summed E-state index contributed by atoms with van der Waals surface area (Å²) in [6.45, 7) is 4.55. The van der Waals surface area contributed by atoms with E-state index in [1.807, 2.05) is 17.2 Å². The molecule has 1 aromatic heterocycles. The van der Waals surface area contributed by atoms with E-state index in [0.29, 0.717) is 32.6 Å². The summed E-state index contributed by atoms with van der Waals surface area (Å²) in [6, 6.07) is 6.21. The van der Waals surface area contributed by atoms with Crippen LogP contribution in [0.2, 0.25) is 0 Å². The summed E-state index contributed by atoms with van der Waals surface area (Å²) < 4.78 is 0. The number of aromatic amines is 1. The number of nitrogens with one attached hydrogen (secondary N) is 1. The predicted octanol–water partition coefficient (Wildman–Crippen LogP) is 1.32. The van der Waals surface area contributed by atoms with Crippen LogP contribution in [0.25, 0.3) is 10.9 Å². The molecule has 5 nitrogen and oxygen atoms in total. The van der Waals surface area contributed by atoms with Gasteiger partial charge in [-0.3, -0.25) is 9.59 Å². The van der Waals surface area contributed by atoms with E-state index in [1.54, 1.807) is 4.90 Å². The van der Waals surface area contributed by atoms with Gasteiger partial charge in [0.15, 0.2) is 0 Å². The van der Waals surface area contributed by atoms with E-state index in [2.05, 4.69) is 24.0 Å². The summed E-state index contributed by atoms with van der Waals surface area (Å²) >= 11 is 0. The van der Waals surface area contributed by atoms with Crippen molar-refractivity contribution in [1.82, 2.24) is 14.8 Å². The van der Waals surface area contributed by atoms with Crippen LogP contribution >= 0.6 is 0 Å². The average molecular weight is 285 g/mol. The SMILES string of the molecule is Cc1ccc2[nH]cc(CC(=O)N3CCN(C=O)CC3)c2c1. The number of nitrogens with zero attached hydrogens (tertiary/aromatic N) is 2. The topological polar surface area (TPSA) is 56.4 Å². The number of carbonyl (C=O) groups is 2. The van der Waals surface area contributed by atoms with E-state index in [-0.39, 0.29) is 5.91 Å². The molecule has 110 valence electrons. The van der Waals surface area contributed by atoms with Gasteiger partial charge in [0.1, 0.15) is 0 Å². The van der Waals surface area contributed by atoms with Crippen molar-refractivity contribution in [1.29, 1.82) is 0 Å². The summed E-state index contributed by atoms with van der Waals surface area (Å²) in [5.74, 6) is 0.128. The highest BCUT2D eigenvalue weighted by atomic mass is 16.2.